The van der Waals surface area contributed by atoms with Gasteiger partial charge in [0.1, 0.15) is 0 Å². The van der Waals surface area contributed by atoms with E-state index in [0.717, 1.165) is 0 Å². The molecule has 1 rings (SSSR count). The Labute approximate surface area is 94.8 Å². The van der Waals surface area contributed by atoms with Crippen LogP contribution >= 0.6 is 0 Å². The molecule has 1 unspecified atom stereocenters. The maximum absolute atomic E-state index is 10.7. The SMILES string of the molecule is O=[S-](=O)OC1CCS(=O)(=O)C1.[Na+]. The Morgan fingerprint density at radius 1 is 1.33 bits per heavy atom. The number of hydrogen-bond acceptors (Lipinski definition) is 6. The van der Waals surface area contributed by atoms with Gasteiger partial charge in [-0.3, -0.25) is 0 Å². The van der Waals surface area contributed by atoms with Gasteiger partial charge in [-0.15, -0.1) is 0 Å². The van der Waals surface area contributed by atoms with Crippen LogP contribution in [-0.2, 0) is 33.4 Å². The minimum Gasteiger partial charge on any atom is -0.420 e. The van der Waals surface area contributed by atoms with Crippen LogP contribution in [0.3, 0.4) is 0 Å². The molecule has 0 bridgehead atoms. The Morgan fingerprint density at radius 2 is 1.92 bits per heavy atom. The standard InChI is InChI=1S/C4H7O5S2.Na/c5-10(6)9-4-1-2-11(7,8)3-4;/h4H,1-3H2;/q-1;+1. The summed E-state index contributed by atoms with van der Waals surface area (Å²) in [5, 5.41) is 0. The molecular weight excluding hydrogens is 215 g/mol. The molecule has 1 heterocycles. The van der Waals surface area contributed by atoms with E-state index in [1.165, 1.54) is 0 Å². The largest absolute Gasteiger partial charge is 1.00 e. The van der Waals surface area contributed by atoms with Crippen molar-refractivity contribution in [3.05, 3.63) is 0 Å². The van der Waals surface area contributed by atoms with Crippen LogP contribution in [0, 0.1) is 0 Å². The van der Waals surface area contributed by atoms with Crippen LogP contribution in [0.15, 0.2) is 0 Å². The van der Waals surface area contributed by atoms with E-state index in [2.05, 4.69) is 4.18 Å². The summed E-state index contributed by atoms with van der Waals surface area (Å²) in [4.78, 5) is 0. The maximum Gasteiger partial charge on any atom is 1.00 e. The minimum absolute atomic E-state index is 0. The van der Waals surface area contributed by atoms with Crippen LogP contribution in [0.2, 0.25) is 0 Å². The van der Waals surface area contributed by atoms with Crippen molar-refractivity contribution < 1.29 is 50.6 Å². The molecule has 12 heavy (non-hydrogen) atoms. The van der Waals surface area contributed by atoms with Crippen molar-refractivity contribution in [1.82, 2.24) is 0 Å². The van der Waals surface area contributed by atoms with Gasteiger partial charge in [-0.05, 0) is 6.42 Å². The topological polar surface area (TPSA) is 77.5 Å². The van der Waals surface area contributed by atoms with Gasteiger partial charge in [0, 0.05) is 0 Å². The predicted octanol–water partition coefficient (Wildman–Crippen LogP) is -3.58. The van der Waals surface area contributed by atoms with Gasteiger partial charge in [0.05, 0.1) is 28.6 Å². The van der Waals surface area contributed by atoms with Crippen LogP contribution in [0.4, 0.5) is 0 Å². The molecule has 0 radical (unpaired) electrons. The Balaban J connectivity index is 0.00000121. The van der Waals surface area contributed by atoms with Crippen molar-refractivity contribution in [2.75, 3.05) is 11.5 Å². The quantitative estimate of drug-likeness (QED) is 0.356. The van der Waals surface area contributed by atoms with E-state index in [0.29, 0.717) is 0 Å². The molecule has 5 nitrogen and oxygen atoms in total. The summed E-state index contributed by atoms with van der Waals surface area (Å²) in [5.41, 5.74) is 0. The number of hydrogen-bond donors (Lipinski definition) is 0. The van der Waals surface area contributed by atoms with Gasteiger partial charge in [-0.2, -0.15) is 0 Å². The first-order chi connectivity index (χ1) is 4.99. The fourth-order valence-electron chi connectivity index (χ4n) is 0.948. The van der Waals surface area contributed by atoms with Crippen molar-refractivity contribution in [2.45, 2.75) is 12.5 Å². The van der Waals surface area contributed by atoms with Gasteiger partial charge in [-0.1, -0.05) is 0 Å². The average molecular weight is 222 g/mol. The molecule has 0 saturated carbocycles. The van der Waals surface area contributed by atoms with Crippen LogP contribution in [0.25, 0.3) is 0 Å². The molecule has 1 aliphatic rings. The normalized spacial score (nSPS) is 26.9. The van der Waals surface area contributed by atoms with Gasteiger partial charge in [-0.25, -0.2) is 8.42 Å². The third-order valence-electron chi connectivity index (χ3n) is 1.41. The summed E-state index contributed by atoms with van der Waals surface area (Å²) >= 11 is 0. The van der Waals surface area contributed by atoms with Crippen LogP contribution in [0.5, 0.6) is 0 Å². The van der Waals surface area contributed by atoms with Gasteiger partial charge in [0.15, 0.2) is 9.84 Å². The molecule has 0 amide bonds. The first kappa shape index (κ1) is 12.9. The summed E-state index contributed by atoms with van der Waals surface area (Å²) in [7, 11) is -5.64. The Bertz CT molecular complexity index is 297. The minimum atomic E-state index is -3.04. The van der Waals surface area contributed by atoms with E-state index in [1.807, 2.05) is 0 Å². The maximum atomic E-state index is 10.7. The van der Waals surface area contributed by atoms with Crippen molar-refractivity contribution in [1.29, 1.82) is 0 Å². The molecular formula is C4H7NaO5S2. The number of rotatable bonds is 2. The molecule has 0 spiro atoms. The van der Waals surface area contributed by atoms with Crippen molar-refractivity contribution in [3.8, 4) is 0 Å². The second-order valence-corrected chi connectivity index (χ2v) is 5.15. The Morgan fingerprint density at radius 3 is 2.25 bits per heavy atom. The molecule has 1 fully saturated rings. The summed E-state index contributed by atoms with van der Waals surface area (Å²) in [6.45, 7) is 0. The van der Waals surface area contributed by atoms with E-state index in [1.54, 1.807) is 0 Å². The molecule has 1 saturated heterocycles. The molecule has 0 aliphatic carbocycles. The van der Waals surface area contributed by atoms with Crippen molar-refractivity contribution in [3.63, 3.8) is 0 Å². The van der Waals surface area contributed by atoms with E-state index >= 15 is 0 Å². The van der Waals surface area contributed by atoms with E-state index in [9.17, 15) is 16.8 Å². The van der Waals surface area contributed by atoms with Crippen molar-refractivity contribution >= 4 is 20.8 Å². The van der Waals surface area contributed by atoms with Crippen LogP contribution in [-0.4, -0.2) is 26.0 Å². The fraction of sp³-hybridized carbons (Fsp3) is 1.00. The Kier molecular flexibility index (Phi) is 5.27. The second kappa shape index (κ2) is 4.92. The molecule has 0 aromatic heterocycles. The van der Waals surface area contributed by atoms with Gasteiger partial charge in [0.2, 0.25) is 0 Å². The molecule has 1 atom stereocenters. The zero-order chi connectivity index (χ0) is 8.48. The van der Waals surface area contributed by atoms with Crippen LogP contribution < -0.4 is 29.6 Å². The first-order valence-electron chi connectivity index (χ1n) is 2.96. The summed E-state index contributed by atoms with van der Waals surface area (Å²) in [6, 6.07) is 0. The molecule has 0 N–H and O–H groups in total. The third-order valence-corrected chi connectivity index (χ3v) is 3.57. The summed E-state index contributed by atoms with van der Waals surface area (Å²) in [5.74, 6) is -0.157. The summed E-state index contributed by atoms with van der Waals surface area (Å²) in [6.07, 6.45) is -0.394. The van der Waals surface area contributed by atoms with Gasteiger partial charge in [0.25, 0.3) is 0 Å². The zero-order valence-corrected chi connectivity index (χ0v) is 10.2. The smallest absolute Gasteiger partial charge is 0.420 e. The molecule has 0 aromatic carbocycles. The monoisotopic (exact) mass is 222 g/mol. The second-order valence-electron chi connectivity index (χ2n) is 2.33. The predicted molar refractivity (Wildman–Crippen MR) is 36.9 cm³/mol. The van der Waals surface area contributed by atoms with E-state index in [-0.39, 0.29) is 47.5 Å². The fourth-order valence-corrected chi connectivity index (χ4v) is 3.01. The molecule has 0 aromatic rings. The number of sulfone groups is 1. The van der Waals surface area contributed by atoms with Crippen LogP contribution in [0.1, 0.15) is 6.42 Å². The molecule has 1 aliphatic heterocycles. The van der Waals surface area contributed by atoms with Crippen molar-refractivity contribution in [2.24, 2.45) is 0 Å². The Hall–Kier alpha value is 0.860. The summed E-state index contributed by atoms with van der Waals surface area (Å²) < 4.78 is 45.7. The average Bonchev–Trinajstić information content (AvgIpc) is 2.08. The zero-order valence-electron chi connectivity index (χ0n) is 6.56. The van der Waals surface area contributed by atoms with Gasteiger partial charge < -0.3 is 12.6 Å². The first-order valence-corrected chi connectivity index (χ1v) is 5.78. The van der Waals surface area contributed by atoms with E-state index in [4.69, 9.17) is 0 Å². The van der Waals surface area contributed by atoms with E-state index < -0.39 is 26.9 Å². The molecule has 66 valence electrons. The van der Waals surface area contributed by atoms with Gasteiger partial charge >= 0.3 is 29.6 Å². The third kappa shape index (κ3) is 4.20. The molecule has 8 heteroatoms.